The fourth-order valence-electron chi connectivity index (χ4n) is 2.17. The number of unbranched alkanes of at least 4 members (excludes halogenated alkanes) is 10. The van der Waals surface area contributed by atoms with Crippen LogP contribution in [0.15, 0.2) is 23.7 Å². The third-order valence-electron chi connectivity index (χ3n) is 3.54. The molecular formula is C26H52O4Sn. The topological polar surface area (TPSA) is 83.3 Å². The fourth-order valence-corrected chi connectivity index (χ4v) is 2.17. The maximum absolute atomic E-state index is 8.40. The molecule has 0 aromatic rings. The van der Waals surface area contributed by atoms with Crippen molar-refractivity contribution < 1.29 is 19.8 Å². The minimum Gasteiger partial charge on any atom is -0.512 e. The Labute approximate surface area is 210 Å². The van der Waals surface area contributed by atoms with Crippen molar-refractivity contribution in [2.24, 2.45) is 0 Å². The van der Waals surface area contributed by atoms with Crippen molar-refractivity contribution in [2.45, 2.75) is 119 Å². The minimum atomic E-state index is 0. The van der Waals surface area contributed by atoms with Crippen LogP contribution in [0.4, 0.5) is 0 Å². The van der Waals surface area contributed by atoms with Crippen LogP contribution in [0.2, 0.25) is 0 Å². The molecule has 184 valence electrons. The Kier molecular flexibility index (Phi) is 47.9. The maximum atomic E-state index is 8.40. The van der Waals surface area contributed by atoms with Gasteiger partial charge in [-0.25, -0.2) is 0 Å². The summed E-state index contributed by atoms with van der Waals surface area (Å²) in [5.41, 5.74) is 0. The van der Waals surface area contributed by atoms with Gasteiger partial charge in [0.1, 0.15) is 0 Å². The number of aliphatic hydroxyl groups excluding tert-OH is 2. The van der Waals surface area contributed by atoms with E-state index in [-0.39, 0.29) is 47.0 Å². The minimum absolute atomic E-state index is 0. The van der Waals surface area contributed by atoms with E-state index in [1.54, 1.807) is 0 Å². The molecule has 0 aliphatic carbocycles. The first-order valence-electron chi connectivity index (χ1n) is 11.5. The second-order valence-corrected chi connectivity index (χ2v) is 7.39. The molecule has 0 amide bonds. The van der Waals surface area contributed by atoms with E-state index >= 15 is 0 Å². The molecule has 0 aromatic carbocycles. The average Bonchev–Trinajstić information content (AvgIpc) is 2.62. The number of allylic oxidation sites excluding steroid dienone is 4. The first kappa shape index (κ1) is 40.6. The number of aliphatic hydroxyl groups is 2. The number of hydrogen-bond donors (Lipinski definition) is 2. The van der Waals surface area contributed by atoms with Crippen LogP contribution in [0.1, 0.15) is 119 Å². The zero-order valence-electron chi connectivity index (χ0n) is 21.3. The molecule has 0 spiro atoms. The number of ketones is 2. The first-order chi connectivity index (χ1) is 14.1. The SMILES string of the molecule is CC(=[OH+])/C=C(/C)O.CC(=[OH+])/C=C(/C)O.[CH2-]CCCCCCC.[CH2-]CCCCCCC.[Sn]. The van der Waals surface area contributed by atoms with Gasteiger partial charge in [-0.15, -0.1) is 0 Å². The van der Waals surface area contributed by atoms with Crippen molar-refractivity contribution in [3.8, 4) is 0 Å². The van der Waals surface area contributed by atoms with Gasteiger partial charge < -0.3 is 24.1 Å². The van der Waals surface area contributed by atoms with Gasteiger partial charge in [-0.05, 0) is 13.8 Å². The summed E-state index contributed by atoms with van der Waals surface area (Å²) in [6, 6.07) is 0. The second-order valence-electron chi connectivity index (χ2n) is 7.39. The quantitative estimate of drug-likeness (QED) is 0.0648. The smallest absolute Gasteiger partial charge is 0.316 e. The Morgan fingerprint density at radius 3 is 1.00 bits per heavy atom. The van der Waals surface area contributed by atoms with E-state index in [4.69, 9.17) is 19.8 Å². The van der Waals surface area contributed by atoms with E-state index in [1.807, 2.05) is 0 Å². The molecule has 4 nitrogen and oxygen atoms in total. The molecule has 5 heteroatoms. The van der Waals surface area contributed by atoms with Gasteiger partial charge in [0, 0.05) is 23.9 Å². The van der Waals surface area contributed by atoms with E-state index in [9.17, 15) is 0 Å². The summed E-state index contributed by atoms with van der Waals surface area (Å²) in [7, 11) is 0. The zero-order chi connectivity index (χ0) is 24.2. The van der Waals surface area contributed by atoms with Crippen molar-refractivity contribution in [3.05, 3.63) is 37.5 Å². The van der Waals surface area contributed by atoms with Crippen LogP contribution >= 0.6 is 0 Å². The predicted octanol–water partition coefficient (Wildman–Crippen LogP) is 8.01. The van der Waals surface area contributed by atoms with Crippen molar-refractivity contribution in [2.75, 3.05) is 0 Å². The van der Waals surface area contributed by atoms with Gasteiger partial charge in [-0.3, -0.25) is 9.59 Å². The van der Waals surface area contributed by atoms with Crippen molar-refractivity contribution in [1.29, 1.82) is 0 Å². The standard InChI is InChI=1S/2C8H17.2C5H8O2.Sn/c2*1-3-5-7-8-6-4-2;2*1-4(6)3-5(2)7;/h2*1,3-8H2,2H3;2*3,6H,1-2H3;/q2*-1;;;/p+2/b;;2*4-3-;. The van der Waals surface area contributed by atoms with Gasteiger partial charge >= 0.3 is 11.6 Å². The van der Waals surface area contributed by atoms with Gasteiger partial charge in [0.25, 0.3) is 0 Å². The summed E-state index contributed by atoms with van der Waals surface area (Å²) in [6.45, 7) is 18.0. The van der Waals surface area contributed by atoms with Crippen LogP contribution in [0, 0.1) is 13.8 Å². The van der Waals surface area contributed by atoms with Gasteiger partial charge in [0.15, 0.2) is 0 Å². The summed E-state index contributed by atoms with van der Waals surface area (Å²) in [5, 5.41) is 16.8. The number of hydrogen-bond acceptors (Lipinski definition) is 2. The van der Waals surface area contributed by atoms with Gasteiger partial charge in [-0.2, -0.15) is 12.8 Å². The van der Waals surface area contributed by atoms with Gasteiger partial charge in [-0.1, -0.05) is 78.1 Å². The predicted molar refractivity (Wildman–Crippen MR) is 141 cm³/mol. The van der Waals surface area contributed by atoms with Crippen molar-refractivity contribution in [1.82, 2.24) is 0 Å². The Bertz CT molecular complexity index is 369. The van der Waals surface area contributed by atoms with Crippen LogP contribution < -0.4 is 0 Å². The summed E-state index contributed by atoms with van der Waals surface area (Å²) < 4.78 is 0. The first-order valence-corrected chi connectivity index (χ1v) is 11.5. The average molecular weight is 547 g/mol. The van der Waals surface area contributed by atoms with E-state index in [0.717, 1.165) is 12.8 Å². The molecule has 0 atom stereocenters. The summed E-state index contributed by atoms with van der Waals surface area (Å²) in [6.07, 6.45) is 18.5. The largest absolute Gasteiger partial charge is 0.512 e. The maximum Gasteiger partial charge on any atom is 0.316 e. The molecule has 0 aliphatic rings. The molecular weight excluding hydrogens is 495 g/mol. The third-order valence-corrected chi connectivity index (χ3v) is 3.54. The van der Waals surface area contributed by atoms with Crippen molar-refractivity contribution in [3.63, 3.8) is 0 Å². The van der Waals surface area contributed by atoms with Crippen LogP contribution in [0.3, 0.4) is 0 Å². The summed E-state index contributed by atoms with van der Waals surface area (Å²) in [4.78, 5) is 16.8. The van der Waals surface area contributed by atoms with Crippen LogP contribution in [0.25, 0.3) is 0 Å². The molecule has 4 radical (unpaired) electrons. The molecule has 0 bridgehead atoms. The van der Waals surface area contributed by atoms with Crippen LogP contribution in [0.5, 0.6) is 0 Å². The Morgan fingerprint density at radius 1 is 0.613 bits per heavy atom. The number of carbonyl (C=O) groups excluding carboxylic acids is 2. The molecule has 0 rings (SSSR count). The number of rotatable bonds is 12. The molecule has 0 unspecified atom stereocenters. The Morgan fingerprint density at radius 2 is 0.871 bits per heavy atom. The molecule has 31 heavy (non-hydrogen) atoms. The molecule has 0 saturated heterocycles. The van der Waals surface area contributed by atoms with Gasteiger partial charge in [0.05, 0.1) is 37.5 Å². The zero-order valence-corrected chi connectivity index (χ0v) is 24.2. The van der Waals surface area contributed by atoms with E-state index in [2.05, 4.69) is 27.7 Å². The normalized spacial score (nSPS) is 10.2. The van der Waals surface area contributed by atoms with E-state index in [0.29, 0.717) is 0 Å². The molecule has 0 fully saturated rings. The third kappa shape index (κ3) is 73.0. The van der Waals surface area contributed by atoms with Gasteiger partial charge in [0.2, 0.25) is 0 Å². The van der Waals surface area contributed by atoms with E-state index in [1.165, 1.54) is 104 Å². The van der Waals surface area contributed by atoms with E-state index < -0.39 is 0 Å². The summed E-state index contributed by atoms with van der Waals surface area (Å²) >= 11 is 0. The fraction of sp³-hybridized carbons (Fsp3) is 0.692. The molecule has 0 aromatic heterocycles. The molecule has 0 heterocycles. The van der Waals surface area contributed by atoms with Crippen LogP contribution in [-0.4, -0.2) is 55.3 Å². The van der Waals surface area contributed by atoms with Crippen LogP contribution in [-0.2, 0) is 0 Å². The molecule has 0 saturated carbocycles. The molecule has 0 aliphatic heterocycles. The summed E-state index contributed by atoms with van der Waals surface area (Å²) in [5.74, 6) is 0.500. The second kappa shape index (κ2) is 36.6. The Hall–Kier alpha value is -0.781. The molecule has 4 N–H and O–H groups in total. The monoisotopic (exact) mass is 548 g/mol. The Balaban J connectivity index is -0.0000000961. The van der Waals surface area contributed by atoms with Crippen molar-refractivity contribution >= 4 is 35.5 Å².